The van der Waals surface area contributed by atoms with Crippen LogP contribution in [0.25, 0.3) is 10.8 Å². The lowest BCUT2D eigenvalue weighted by molar-refractivity contribution is -0.141. The average Bonchev–Trinajstić information content (AvgIpc) is 3.10. The second kappa shape index (κ2) is 7.97. The molecule has 7 heteroatoms. The minimum Gasteiger partial charge on any atom is -0.456 e. The molecule has 0 bridgehead atoms. The molecule has 0 atom stereocenters. The number of furan rings is 1. The van der Waals surface area contributed by atoms with E-state index in [0.717, 1.165) is 10.8 Å². The van der Waals surface area contributed by atoms with Crippen molar-refractivity contribution in [3.05, 3.63) is 70.6 Å². The number of carbonyl (C=O) groups is 3. The number of ketones is 1. The van der Waals surface area contributed by atoms with E-state index < -0.39 is 11.9 Å². The van der Waals surface area contributed by atoms with Crippen LogP contribution >= 0.6 is 15.9 Å². The van der Waals surface area contributed by atoms with Gasteiger partial charge in [0.05, 0.1) is 0 Å². The molecule has 2 aromatic carbocycles. The summed E-state index contributed by atoms with van der Waals surface area (Å²) in [5.41, 5.74) is 0.459. The fourth-order valence-electron chi connectivity index (χ4n) is 2.32. The Labute approximate surface area is 157 Å². The zero-order chi connectivity index (χ0) is 18.5. The SMILES string of the molecule is O=C(CNC(=O)c1ccc(Br)o1)OCC(=O)c1ccc2ccccc2c1. The van der Waals surface area contributed by atoms with E-state index in [2.05, 4.69) is 21.2 Å². The maximum absolute atomic E-state index is 12.2. The first-order valence-corrected chi connectivity index (χ1v) is 8.53. The Balaban J connectivity index is 1.50. The first-order valence-electron chi connectivity index (χ1n) is 7.74. The third-order valence-electron chi connectivity index (χ3n) is 3.63. The molecule has 3 aromatic rings. The second-order valence-electron chi connectivity index (χ2n) is 5.43. The van der Waals surface area contributed by atoms with Gasteiger partial charge in [0.2, 0.25) is 0 Å². The molecule has 0 saturated carbocycles. The van der Waals surface area contributed by atoms with Crippen LogP contribution in [-0.2, 0) is 9.53 Å². The molecule has 1 amide bonds. The number of halogens is 1. The standard InChI is InChI=1S/C19H14BrNO5/c20-17-8-7-16(26-17)19(24)21-10-18(23)25-11-15(22)14-6-5-12-3-1-2-4-13(12)9-14/h1-9H,10-11H2,(H,21,24). The fourth-order valence-corrected chi connectivity index (χ4v) is 2.63. The van der Waals surface area contributed by atoms with Crippen LogP contribution < -0.4 is 5.32 Å². The van der Waals surface area contributed by atoms with Crippen molar-refractivity contribution in [3.63, 3.8) is 0 Å². The van der Waals surface area contributed by atoms with Gasteiger partial charge < -0.3 is 14.5 Å². The quantitative estimate of drug-likeness (QED) is 0.492. The Morgan fingerprint density at radius 3 is 2.50 bits per heavy atom. The number of Topliss-reactive ketones (excluding diaryl/α,β-unsaturated/α-hetero) is 1. The van der Waals surface area contributed by atoms with Crippen molar-refractivity contribution in [2.45, 2.75) is 0 Å². The molecule has 0 unspecified atom stereocenters. The van der Waals surface area contributed by atoms with Gasteiger partial charge in [-0.05, 0) is 44.9 Å². The highest BCUT2D eigenvalue weighted by Crippen LogP contribution is 2.16. The summed E-state index contributed by atoms with van der Waals surface area (Å²) in [5, 5.41) is 4.31. The molecule has 26 heavy (non-hydrogen) atoms. The van der Waals surface area contributed by atoms with E-state index in [1.54, 1.807) is 18.2 Å². The van der Waals surface area contributed by atoms with E-state index >= 15 is 0 Å². The lowest BCUT2D eigenvalue weighted by atomic mass is 10.0. The van der Waals surface area contributed by atoms with Crippen LogP contribution in [0.5, 0.6) is 0 Å². The van der Waals surface area contributed by atoms with E-state index in [4.69, 9.17) is 9.15 Å². The zero-order valence-corrected chi connectivity index (χ0v) is 15.1. The summed E-state index contributed by atoms with van der Waals surface area (Å²) >= 11 is 3.08. The van der Waals surface area contributed by atoms with Crippen molar-refractivity contribution in [1.29, 1.82) is 0 Å². The number of fused-ring (bicyclic) bond motifs is 1. The molecule has 3 rings (SSSR count). The van der Waals surface area contributed by atoms with Crippen LogP contribution in [0.3, 0.4) is 0 Å². The number of hydrogen-bond acceptors (Lipinski definition) is 5. The molecule has 0 fully saturated rings. The summed E-state index contributed by atoms with van der Waals surface area (Å²) in [6, 6.07) is 16.0. The van der Waals surface area contributed by atoms with Crippen LogP contribution in [0.15, 0.2) is 63.7 Å². The topological polar surface area (TPSA) is 85.6 Å². The summed E-state index contributed by atoms with van der Waals surface area (Å²) in [7, 11) is 0. The molecule has 1 aromatic heterocycles. The third kappa shape index (κ3) is 4.37. The van der Waals surface area contributed by atoms with Crippen LogP contribution in [-0.4, -0.2) is 30.8 Å². The summed E-state index contributed by atoms with van der Waals surface area (Å²) in [5.74, 6) is -1.51. The molecule has 0 spiro atoms. The van der Waals surface area contributed by atoms with Gasteiger partial charge in [-0.25, -0.2) is 0 Å². The zero-order valence-electron chi connectivity index (χ0n) is 13.5. The predicted octanol–water partition coefficient (Wildman–Crippen LogP) is 3.35. The Morgan fingerprint density at radius 1 is 1.00 bits per heavy atom. The Kier molecular flexibility index (Phi) is 5.48. The largest absolute Gasteiger partial charge is 0.456 e. The van der Waals surface area contributed by atoms with Crippen molar-refractivity contribution in [2.24, 2.45) is 0 Å². The van der Waals surface area contributed by atoms with Gasteiger partial charge >= 0.3 is 5.97 Å². The number of rotatable bonds is 6. The van der Waals surface area contributed by atoms with Crippen molar-refractivity contribution in [2.75, 3.05) is 13.2 Å². The molecule has 1 N–H and O–H groups in total. The molecule has 1 heterocycles. The normalized spacial score (nSPS) is 10.5. The summed E-state index contributed by atoms with van der Waals surface area (Å²) in [6.07, 6.45) is 0. The van der Waals surface area contributed by atoms with Gasteiger partial charge in [-0.15, -0.1) is 0 Å². The van der Waals surface area contributed by atoms with Crippen LogP contribution in [0.1, 0.15) is 20.9 Å². The van der Waals surface area contributed by atoms with Crippen molar-refractivity contribution in [1.82, 2.24) is 5.32 Å². The first kappa shape index (κ1) is 17.9. The van der Waals surface area contributed by atoms with Gasteiger partial charge in [0, 0.05) is 5.56 Å². The van der Waals surface area contributed by atoms with E-state index in [1.165, 1.54) is 6.07 Å². The second-order valence-corrected chi connectivity index (χ2v) is 6.21. The van der Waals surface area contributed by atoms with Gasteiger partial charge in [-0.3, -0.25) is 14.4 Å². The Morgan fingerprint density at radius 2 is 1.77 bits per heavy atom. The molecule has 0 aliphatic rings. The fraction of sp³-hybridized carbons (Fsp3) is 0.105. The number of amides is 1. The van der Waals surface area contributed by atoms with E-state index in [-0.39, 0.29) is 24.7 Å². The van der Waals surface area contributed by atoms with Gasteiger partial charge in [0.25, 0.3) is 5.91 Å². The molecule has 132 valence electrons. The maximum Gasteiger partial charge on any atom is 0.325 e. The van der Waals surface area contributed by atoms with Crippen molar-refractivity contribution in [3.8, 4) is 0 Å². The number of esters is 1. The van der Waals surface area contributed by atoms with Gasteiger partial charge in [0.15, 0.2) is 22.8 Å². The van der Waals surface area contributed by atoms with Gasteiger partial charge in [0.1, 0.15) is 6.54 Å². The van der Waals surface area contributed by atoms with Crippen LogP contribution in [0.4, 0.5) is 0 Å². The first-order chi connectivity index (χ1) is 12.5. The van der Waals surface area contributed by atoms with Crippen molar-refractivity contribution < 1.29 is 23.5 Å². The number of ether oxygens (including phenoxy) is 1. The molecule has 0 radical (unpaired) electrons. The molecular weight excluding hydrogens is 402 g/mol. The Bertz CT molecular complexity index is 979. The summed E-state index contributed by atoms with van der Waals surface area (Å²) < 4.78 is 10.4. The highest BCUT2D eigenvalue weighted by molar-refractivity contribution is 9.10. The Hall–Kier alpha value is -2.93. The lowest BCUT2D eigenvalue weighted by Gasteiger charge is -2.06. The predicted molar refractivity (Wildman–Crippen MR) is 98.0 cm³/mol. The van der Waals surface area contributed by atoms with Gasteiger partial charge in [-0.2, -0.15) is 0 Å². The average molecular weight is 416 g/mol. The van der Waals surface area contributed by atoms with Gasteiger partial charge in [-0.1, -0.05) is 36.4 Å². The van der Waals surface area contributed by atoms with E-state index in [9.17, 15) is 14.4 Å². The highest BCUT2D eigenvalue weighted by Gasteiger charge is 2.14. The molecular formula is C19H14BrNO5. The lowest BCUT2D eigenvalue weighted by Crippen LogP contribution is -2.31. The monoisotopic (exact) mass is 415 g/mol. The molecule has 6 nitrogen and oxygen atoms in total. The third-order valence-corrected chi connectivity index (χ3v) is 4.05. The smallest absolute Gasteiger partial charge is 0.325 e. The van der Waals surface area contributed by atoms with E-state index in [1.807, 2.05) is 30.3 Å². The minimum atomic E-state index is -0.710. The summed E-state index contributed by atoms with van der Waals surface area (Å²) in [6.45, 7) is -0.749. The minimum absolute atomic E-state index is 0.0666. The number of hydrogen-bond donors (Lipinski definition) is 1. The van der Waals surface area contributed by atoms with Crippen LogP contribution in [0, 0.1) is 0 Å². The maximum atomic E-state index is 12.2. The molecule has 0 aliphatic carbocycles. The molecule has 0 saturated heterocycles. The van der Waals surface area contributed by atoms with Crippen molar-refractivity contribution >= 4 is 44.4 Å². The van der Waals surface area contributed by atoms with E-state index in [0.29, 0.717) is 10.2 Å². The molecule has 0 aliphatic heterocycles. The highest BCUT2D eigenvalue weighted by atomic mass is 79.9. The summed E-state index contributed by atoms with van der Waals surface area (Å²) in [4.78, 5) is 35.6. The number of benzene rings is 2. The number of carbonyl (C=O) groups excluding carboxylic acids is 3. The van der Waals surface area contributed by atoms with Crippen LogP contribution in [0.2, 0.25) is 0 Å². The number of nitrogens with one attached hydrogen (secondary N) is 1.